The van der Waals surface area contributed by atoms with Crippen molar-refractivity contribution in [1.29, 1.82) is 0 Å². The van der Waals surface area contributed by atoms with Gasteiger partial charge >= 0.3 is 29.8 Å². The second kappa shape index (κ2) is 20.4. The Morgan fingerprint density at radius 1 is 0.696 bits per heavy atom. The molecule has 4 saturated carbocycles. The standard InChI is InChI=1S/C37H52O11.8CH4/c1-15-17-8-9-18(12-17)22(15)26-27(36(44)47-35(26)43)25-20-13-19(14-21(20)33(41)48-37(3,4)5)24(25)23-16(2)30-29(28(32(39)40)31(23)46-30)34(42)45-11-7-6-10-38;;;;;;;;/h15-31,38H,6-14H2,1-5H3,(H,39,40);8*1H4. The third-order valence-electron chi connectivity index (χ3n) is 13.9. The van der Waals surface area contributed by atoms with Gasteiger partial charge in [0.05, 0.1) is 48.4 Å². The molecule has 11 heteroatoms. The predicted molar refractivity (Wildman–Crippen MR) is 221 cm³/mol. The van der Waals surface area contributed by atoms with E-state index in [0.717, 1.165) is 19.3 Å². The maximum Gasteiger partial charge on any atom is 0.317 e. The monoisotopic (exact) mass is 801 g/mol. The maximum absolute atomic E-state index is 13.9. The summed E-state index contributed by atoms with van der Waals surface area (Å²) in [5, 5.41) is 19.6. The van der Waals surface area contributed by atoms with Crippen molar-refractivity contribution in [3.05, 3.63) is 0 Å². The average Bonchev–Trinajstić information content (AvgIpc) is 3.86. The first-order valence-corrected chi connectivity index (χ1v) is 18.4. The molecular formula is C45H84O11. The van der Waals surface area contributed by atoms with Crippen molar-refractivity contribution in [2.45, 2.75) is 157 Å². The van der Waals surface area contributed by atoms with Gasteiger partial charge in [-0.2, -0.15) is 0 Å². The normalized spacial score (nSPS) is 40.4. The first-order valence-electron chi connectivity index (χ1n) is 18.4. The van der Waals surface area contributed by atoms with Crippen molar-refractivity contribution in [3.63, 3.8) is 0 Å². The highest BCUT2D eigenvalue weighted by molar-refractivity contribution is 5.97. The van der Waals surface area contributed by atoms with E-state index in [1.807, 2.05) is 27.7 Å². The van der Waals surface area contributed by atoms with Crippen LogP contribution in [0.1, 0.15) is 139 Å². The van der Waals surface area contributed by atoms with Crippen molar-refractivity contribution >= 4 is 29.8 Å². The van der Waals surface area contributed by atoms with E-state index in [-0.39, 0.29) is 120 Å². The van der Waals surface area contributed by atoms with E-state index in [1.54, 1.807) is 0 Å². The van der Waals surface area contributed by atoms with Crippen LogP contribution in [0.4, 0.5) is 0 Å². The first kappa shape index (κ1) is 55.6. The van der Waals surface area contributed by atoms with Gasteiger partial charge in [-0.05, 0) is 125 Å². The highest BCUT2D eigenvalue weighted by Gasteiger charge is 2.72. The van der Waals surface area contributed by atoms with Gasteiger partial charge in [0.1, 0.15) is 5.60 Å². The Morgan fingerprint density at radius 3 is 1.82 bits per heavy atom. The molecule has 11 nitrogen and oxygen atoms in total. The number of cyclic esters (lactones) is 2. The Labute approximate surface area is 341 Å². The maximum atomic E-state index is 13.9. The van der Waals surface area contributed by atoms with Crippen LogP contribution in [0.5, 0.6) is 0 Å². The van der Waals surface area contributed by atoms with Gasteiger partial charge in [0.2, 0.25) is 0 Å². The summed E-state index contributed by atoms with van der Waals surface area (Å²) in [5.74, 6) is -6.77. The van der Waals surface area contributed by atoms with Gasteiger partial charge < -0.3 is 29.2 Å². The molecule has 330 valence electrons. The molecule has 0 aromatic heterocycles. The van der Waals surface area contributed by atoms with Gasteiger partial charge in [-0.3, -0.25) is 24.0 Å². The molecule has 0 spiro atoms. The summed E-state index contributed by atoms with van der Waals surface area (Å²) < 4.78 is 23.3. The first-order chi connectivity index (χ1) is 22.7. The minimum absolute atomic E-state index is 0. The number of rotatable bonds is 10. The fraction of sp³-hybridized carbons (Fsp3) is 0.889. The van der Waals surface area contributed by atoms with Crippen molar-refractivity contribution < 1.29 is 53.1 Å². The number of aliphatic hydroxyl groups excluding tert-OH is 1. The second-order valence-electron chi connectivity index (χ2n) is 17.2. The highest BCUT2D eigenvalue weighted by atomic mass is 16.6. The number of ether oxygens (including phenoxy) is 4. The van der Waals surface area contributed by atoms with Gasteiger partial charge in [-0.25, -0.2) is 0 Å². The lowest BCUT2D eigenvalue weighted by Gasteiger charge is -2.47. The molecule has 6 bridgehead atoms. The molecule has 56 heavy (non-hydrogen) atoms. The Kier molecular flexibility index (Phi) is 20.3. The number of carbonyl (C=O) groups is 5. The third kappa shape index (κ3) is 8.89. The Balaban J connectivity index is 0. The number of carboxylic acids is 1. The number of fused-ring (bicyclic) bond motifs is 6. The molecular weight excluding hydrogens is 716 g/mol. The van der Waals surface area contributed by atoms with Crippen molar-refractivity contribution in [3.8, 4) is 0 Å². The number of carbonyl (C=O) groups excluding carboxylic acids is 4. The number of unbranched alkanes of at least 4 members (excludes halogenated alkanes) is 1. The molecule has 3 saturated heterocycles. The van der Waals surface area contributed by atoms with Crippen LogP contribution < -0.4 is 0 Å². The van der Waals surface area contributed by atoms with E-state index in [2.05, 4.69) is 6.92 Å². The van der Waals surface area contributed by atoms with Crippen molar-refractivity contribution in [1.82, 2.24) is 0 Å². The summed E-state index contributed by atoms with van der Waals surface area (Å²) in [6, 6.07) is 0. The Bertz CT molecular complexity index is 1340. The lowest BCUT2D eigenvalue weighted by molar-refractivity contribution is -0.167. The van der Waals surface area contributed by atoms with Gasteiger partial charge in [0.15, 0.2) is 0 Å². The fourth-order valence-corrected chi connectivity index (χ4v) is 12.4. The number of hydrogen-bond donors (Lipinski definition) is 2. The van der Waals surface area contributed by atoms with Crippen LogP contribution in [0.15, 0.2) is 0 Å². The van der Waals surface area contributed by atoms with Gasteiger partial charge in [-0.15, -0.1) is 0 Å². The zero-order valence-electron chi connectivity index (χ0n) is 28.7. The van der Waals surface area contributed by atoms with Gasteiger partial charge in [0, 0.05) is 6.61 Å². The smallest absolute Gasteiger partial charge is 0.317 e. The van der Waals surface area contributed by atoms with Gasteiger partial charge in [-0.1, -0.05) is 73.3 Å². The van der Waals surface area contributed by atoms with Crippen molar-refractivity contribution in [2.75, 3.05) is 13.2 Å². The van der Waals surface area contributed by atoms with E-state index >= 15 is 0 Å². The summed E-state index contributed by atoms with van der Waals surface area (Å²) in [5.41, 5.74) is -0.680. The van der Waals surface area contributed by atoms with Gasteiger partial charge in [0.25, 0.3) is 0 Å². The molecule has 2 N–H and O–H groups in total. The molecule has 7 aliphatic rings. The van der Waals surface area contributed by atoms with Crippen LogP contribution in [-0.4, -0.2) is 71.1 Å². The summed E-state index contributed by atoms with van der Waals surface area (Å²) in [4.78, 5) is 67.4. The van der Waals surface area contributed by atoms with E-state index in [4.69, 9.17) is 24.1 Å². The Morgan fingerprint density at radius 2 is 1.29 bits per heavy atom. The number of aliphatic carboxylic acids is 1. The summed E-state index contributed by atoms with van der Waals surface area (Å²) in [6.45, 7) is 9.80. The lowest BCUT2D eigenvalue weighted by atomic mass is 9.54. The van der Waals surface area contributed by atoms with E-state index in [9.17, 15) is 29.1 Å². The molecule has 4 aliphatic carbocycles. The van der Waals surface area contributed by atoms with Crippen molar-refractivity contribution in [2.24, 2.45) is 88.8 Å². The van der Waals surface area contributed by atoms with Crippen LogP contribution in [0.3, 0.4) is 0 Å². The molecule has 0 radical (unpaired) electrons. The Hall–Kier alpha value is -2.53. The molecule has 17 unspecified atom stereocenters. The van der Waals surface area contributed by atoms with Crippen LogP contribution in [0, 0.1) is 88.8 Å². The summed E-state index contributed by atoms with van der Waals surface area (Å²) >= 11 is 0. The highest BCUT2D eigenvalue weighted by Crippen LogP contribution is 2.68. The molecule has 7 fully saturated rings. The minimum atomic E-state index is -1.12. The van der Waals surface area contributed by atoms with Crippen LogP contribution >= 0.6 is 0 Å². The van der Waals surface area contributed by atoms with Crippen LogP contribution in [-0.2, 0) is 42.9 Å². The predicted octanol–water partition coefficient (Wildman–Crippen LogP) is 8.97. The SMILES string of the molecule is C.C.C.C.C.C.C.C.CC1C2CCC(C2)C1C1C(=O)OC(=O)C1C1C2CC(CC2C(=O)OC(C)(C)C)C1C1C(C)C2OC1C(C(=O)O)C2C(=O)OCCCCO. The second-order valence-corrected chi connectivity index (χ2v) is 17.2. The van der Waals surface area contributed by atoms with E-state index in [1.165, 1.54) is 0 Å². The topological polar surface area (TPSA) is 163 Å². The molecule has 0 aromatic rings. The fourth-order valence-electron chi connectivity index (χ4n) is 12.4. The molecule has 17 atom stereocenters. The van der Waals surface area contributed by atoms with Crippen LogP contribution in [0.2, 0.25) is 0 Å². The van der Waals surface area contributed by atoms with E-state index in [0.29, 0.717) is 43.4 Å². The summed E-state index contributed by atoms with van der Waals surface area (Å²) in [6.07, 6.45) is 4.03. The molecule has 0 amide bonds. The zero-order valence-corrected chi connectivity index (χ0v) is 28.7. The zero-order chi connectivity index (χ0) is 34.4. The molecule has 3 aliphatic heterocycles. The minimum Gasteiger partial charge on any atom is -0.481 e. The lowest BCUT2D eigenvalue weighted by Crippen LogP contribution is -2.53. The largest absolute Gasteiger partial charge is 0.481 e. The summed E-state index contributed by atoms with van der Waals surface area (Å²) in [7, 11) is 0. The third-order valence-corrected chi connectivity index (χ3v) is 13.9. The number of carboxylic acid groups (broad SMARTS) is 1. The number of aliphatic hydroxyl groups is 1. The van der Waals surface area contributed by atoms with Crippen LogP contribution in [0.25, 0.3) is 0 Å². The molecule has 0 aromatic carbocycles. The molecule has 3 heterocycles. The average molecular weight is 801 g/mol. The van der Waals surface area contributed by atoms with E-state index < -0.39 is 71.3 Å². The molecule has 7 rings (SSSR count). The number of esters is 4. The number of hydrogen-bond acceptors (Lipinski definition) is 10. The quantitative estimate of drug-likeness (QED) is 0.0939.